The van der Waals surface area contributed by atoms with Gasteiger partial charge in [-0.25, -0.2) is 8.42 Å². The predicted octanol–water partition coefficient (Wildman–Crippen LogP) is 6.82. The van der Waals surface area contributed by atoms with Crippen LogP contribution in [0.4, 0.5) is 5.69 Å². The van der Waals surface area contributed by atoms with Gasteiger partial charge in [-0.3, -0.25) is 4.79 Å². The maximum Gasteiger partial charge on any atom is 0.243 e. The van der Waals surface area contributed by atoms with Crippen molar-refractivity contribution in [3.8, 4) is 0 Å². The summed E-state index contributed by atoms with van der Waals surface area (Å²) in [5.41, 5.74) is 3.48. The Morgan fingerprint density at radius 1 is 0.912 bits per heavy atom. The highest BCUT2D eigenvalue weighted by Crippen LogP contribution is 2.28. The highest BCUT2D eigenvalue weighted by molar-refractivity contribution is 9.10. The van der Waals surface area contributed by atoms with E-state index in [1.54, 1.807) is 0 Å². The molecule has 3 aromatic rings. The van der Waals surface area contributed by atoms with Gasteiger partial charge in [0.1, 0.15) is 0 Å². The van der Waals surface area contributed by atoms with Gasteiger partial charge < -0.3 is 5.32 Å². The average molecular weight is 629 g/mol. The average Bonchev–Trinajstić information content (AvgIpc) is 2.81. The number of nitrogens with zero attached hydrogens (tertiary/aromatic N) is 1. The van der Waals surface area contributed by atoms with E-state index in [1.807, 2.05) is 50.2 Å². The monoisotopic (exact) mass is 626 g/mol. The number of amides is 1. The third-order valence-electron chi connectivity index (χ3n) is 5.34. The lowest BCUT2D eigenvalue weighted by Crippen LogP contribution is -2.37. The van der Waals surface area contributed by atoms with Gasteiger partial charge in [-0.1, -0.05) is 69.4 Å². The summed E-state index contributed by atoms with van der Waals surface area (Å²) in [6.45, 7) is 3.75. The van der Waals surface area contributed by atoms with Crippen molar-refractivity contribution in [1.82, 2.24) is 4.31 Å². The van der Waals surface area contributed by atoms with Gasteiger partial charge in [0, 0.05) is 26.2 Å². The Hall–Kier alpha value is -1.71. The molecule has 34 heavy (non-hydrogen) atoms. The van der Waals surface area contributed by atoms with Gasteiger partial charge in [0.15, 0.2) is 0 Å². The summed E-state index contributed by atoms with van der Waals surface area (Å²) in [5.74, 6) is -0.402. The minimum absolute atomic E-state index is 0.0489. The van der Waals surface area contributed by atoms with Crippen LogP contribution in [-0.4, -0.2) is 25.2 Å². The second-order valence-electron chi connectivity index (χ2n) is 7.71. The molecule has 0 aliphatic carbocycles. The molecule has 0 aliphatic heterocycles. The van der Waals surface area contributed by atoms with Crippen LogP contribution in [0.2, 0.25) is 5.02 Å². The standard InChI is InChI=1S/C25H25Br2ClN2O3S/c1-3-18-13-21(27)14-19(4-2)25(18)29-24(31)16-30(15-17-5-7-20(26)8-6-17)34(32,33)23-11-9-22(28)10-12-23/h5-14H,3-4,15-16H2,1-2H3,(H,29,31). The summed E-state index contributed by atoms with van der Waals surface area (Å²) < 4.78 is 30.0. The minimum atomic E-state index is -3.96. The van der Waals surface area contributed by atoms with Gasteiger partial charge in [-0.15, -0.1) is 0 Å². The van der Waals surface area contributed by atoms with Crippen molar-refractivity contribution in [1.29, 1.82) is 0 Å². The molecule has 0 atom stereocenters. The topological polar surface area (TPSA) is 66.5 Å². The molecule has 9 heteroatoms. The lowest BCUT2D eigenvalue weighted by molar-refractivity contribution is -0.116. The fraction of sp³-hybridized carbons (Fsp3) is 0.240. The third-order valence-corrected chi connectivity index (χ3v) is 8.38. The van der Waals surface area contributed by atoms with E-state index in [-0.39, 0.29) is 18.0 Å². The summed E-state index contributed by atoms with van der Waals surface area (Å²) in [7, 11) is -3.96. The number of halogens is 3. The van der Waals surface area contributed by atoms with Crippen molar-refractivity contribution in [2.24, 2.45) is 0 Å². The first kappa shape index (κ1) is 26.9. The summed E-state index contributed by atoms with van der Waals surface area (Å²) in [5, 5.41) is 3.41. The molecule has 0 heterocycles. The lowest BCUT2D eigenvalue weighted by Gasteiger charge is -2.23. The van der Waals surface area contributed by atoms with Crippen LogP contribution in [0.25, 0.3) is 0 Å². The number of rotatable bonds is 9. The molecule has 0 radical (unpaired) electrons. The van der Waals surface area contributed by atoms with E-state index < -0.39 is 15.9 Å². The Labute approximate surface area is 222 Å². The van der Waals surface area contributed by atoms with E-state index in [2.05, 4.69) is 37.2 Å². The number of hydrogen-bond donors (Lipinski definition) is 1. The van der Waals surface area contributed by atoms with Gasteiger partial charge in [-0.2, -0.15) is 4.31 Å². The number of benzene rings is 3. The molecule has 0 bridgehead atoms. The molecule has 0 saturated carbocycles. The second kappa shape index (κ2) is 11.8. The Morgan fingerprint density at radius 2 is 1.47 bits per heavy atom. The fourth-order valence-corrected chi connectivity index (χ4v) is 5.88. The highest BCUT2D eigenvalue weighted by atomic mass is 79.9. The SMILES string of the molecule is CCc1cc(Br)cc(CC)c1NC(=O)CN(Cc1ccc(Br)cc1)S(=O)(=O)c1ccc(Cl)cc1. The Kier molecular flexibility index (Phi) is 9.34. The molecule has 0 aromatic heterocycles. The molecule has 1 amide bonds. The Balaban J connectivity index is 1.93. The molecule has 0 aliphatic rings. The Bertz CT molecular complexity index is 1240. The van der Waals surface area contributed by atoms with Gasteiger partial charge in [0.05, 0.1) is 11.4 Å². The van der Waals surface area contributed by atoms with Crippen LogP contribution in [0, 0.1) is 0 Å². The van der Waals surface area contributed by atoms with E-state index in [4.69, 9.17) is 11.6 Å². The normalized spacial score (nSPS) is 11.6. The minimum Gasteiger partial charge on any atom is -0.324 e. The largest absolute Gasteiger partial charge is 0.324 e. The summed E-state index contributed by atoms with van der Waals surface area (Å²) in [6, 6.07) is 17.2. The van der Waals surface area contributed by atoms with Crippen molar-refractivity contribution in [3.05, 3.63) is 91.3 Å². The van der Waals surface area contributed by atoms with Crippen LogP contribution in [0.3, 0.4) is 0 Å². The number of hydrogen-bond acceptors (Lipinski definition) is 3. The zero-order chi connectivity index (χ0) is 24.9. The van der Waals surface area contributed by atoms with Crippen LogP contribution in [0.15, 0.2) is 74.5 Å². The number of sulfonamides is 1. The maximum absolute atomic E-state index is 13.5. The Morgan fingerprint density at radius 3 is 2.00 bits per heavy atom. The zero-order valence-corrected chi connectivity index (χ0v) is 23.6. The van der Waals surface area contributed by atoms with E-state index in [1.165, 1.54) is 28.6 Å². The number of carbonyl (C=O) groups excluding carboxylic acids is 1. The zero-order valence-electron chi connectivity index (χ0n) is 18.8. The maximum atomic E-state index is 13.5. The highest BCUT2D eigenvalue weighted by Gasteiger charge is 2.27. The van der Waals surface area contributed by atoms with E-state index in [0.29, 0.717) is 5.02 Å². The van der Waals surface area contributed by atoms with Gasteiger partial charge in [-0.05, 0) is 78.1 Å². The molecule has 0 unspecified atom stereocenters. The second-order valence-corrected chi connectivity index (χ2v) is 11.9. The molecule has 0 fully saturated rings. The van der Waals surface area contributed by atoms with Crippen LogP contribution < -0.4 is 5.32 Å². The summed E-state index contributed by atoms with van der Waals surface area (Å²) >= 11 is 12.9. The van der Waals surface area contributed by atoms with Crippen LogP contribution in [0.1, 0.15) is 30.5 Å². The van der Waals surface area contributed by atoms with E-state index in [0.717, 1.165) is 44.2 Å². The number of nitrogens with one attached hydrogen (secondary N) is 1. The number of anilines is 1. The van der Waals surface area contributed by atoms with Gasteiger partial charge in [0.2, 0.25) is 15.9 Å². The van der Waals surface area contributed by atoms with Crippen LogP contribution >= 0.6 is 43.5 Å². The van der Waals surface area contributed by atoms with Crippen molar-refractivity contribution in [2.75, 3.05) is 11.9 Å². The lowest BCUT2D eigenvalue weighted by atomic mass is 10.0. The molecule has 5 nitrogen and oxygen atoms in total. The smallest absolute Gasteiger partial charge is 0.243 e. The van der Waals surface area contributed by atoms with Crippen molar-refractivity contribution in [3.63, 3.8) is 0 Å². The van der Waals surface area contributed by atoms with Crippen molar-refractivity contribution < 1.29 is 13.2 Å². The molecule has 3 aromatic carbocycles. The van der Waals surface area contributed by atoms with Crippen LogP contribution in [-0.2, 0) is 34.2 Å². The molecular formula is C25H25Br2ClN2O3S. The molecule has 0 spiro atoms. The van der Waals surface area contributed by atoms with E-state index >= 15 is 0 Å². The van der Waals surface area contributed by atoms with Crippen LogP contribution in [0.5, 0.6) is 0 Å². The first-order valence-electron chi connectivity index (χ1n) is 10.7. The molecule has 1 N–H and O–H groups in total. The summed E-state index contributed by atoms with van der Waals surface area (Å²) in [4.78, 5) is 13.2. The third kappa shape index (κ3) is 6.70. The van der Waals surface area contributed by atoms with Crippen molar-refractivity contribution in [2.45, 2.75) is 38.1 Å². The van der Waals surface area contributed by atoms with Gasteiger partial charge in [0.25, 0.3) is 0 Å². The predicted molar refractivity (Wildman–Crippen MR) is 145 cm³/mol. The number of carbonyl (C=O) groups is 1. The molecule has 3 rings (SSSR count). The molecule has 0 saturated heterocycles. The first-order chi connectivity index (χ1) is 16.1. The van der Waals surface area contributed by atoms with Crippen molar-refractivity contribution >= 4 is 65.1 Å². The summed E-state index contributed by atoms with van der Waals surface area (Å²) in [6.07, 6.45) is 1.46. The quantitative estimate of drug-likeness (QED) is 0.283. The fourth-order valence-electron chi connectivity index (χ4n) is 3.56. The molecule has 180 valence electrons. The first-order valence-corrected chi connectivity index (χ1v) is 14.2. The molecular weight excluding hydrogens is 604 g/mol. The van der Waals surface area contributed by atoms with E-state index in [9.17, 15) is 13.2 Å². The van der Waals surface area contributed by atoms with Gasteiger partial charge >= 0.3 is 0 Å². The number of aryl methyl sites for hydroxylation is 2.